The smallest absolute Gasteiger partial charge is 0.0534 e. The maximum atomic E-state index is 3.88. The van der Waals surface area contributed by atoms with Crippen molar-refractivity contribution < 1.29 is 0 Å². The van der Waals surface area contributed by atoms with Crippen LogP contribution in [0.4, 0.5) is 17.1 Å². The van der Waals surface area contributed by atoms with Crippen LogP contribution in [0.15, 0.2) is 79.4 Å². The van der Waals surface area contributed by atoms with E-state index in [1.165, 1.54) is 22.5 Å². The molecular formula is C22H17N. The average molecular weight is 295 g/mol. The molecule has 23 heavy (non-hydrogen) atoms. The number of nitrogens with zero attached hydrogens (tertiary/aromatic N) is 1. The third-order valence-electron chi connectivity index (χ3n) is 4.16. The molecule has 0 spiro atoms. The van der Waals surface area contributed by atoms with Crippen LogP contribution in [0.3, 0.4) is 0 Å². The van der Waals surface area contributed by atoms with Gasteiger partial charge in [-0.1, -0.05) is 67.3 Å². The second-order valence-corrected chi connectivity index (χ2v) is 5.59. The first-order chi connectivity index (χ1) is 11.4. The molecule has 0 bridgehead atoms. The SMILES string of the molecule is C=Cc1ccc2c(c1)C=Cc1ccccc1N2c1ccccc1. The summed E-state index contributed by atoms with van der Waals surface area (Å²) in [5, 5.41) is 0. The molecule has 1 aliphatic heterocycles. The molecule has 0 N–H and O–H groups in total. The molecule has 0 atom stereocenters. The molecule has 0 fully saturated rings. The Bertz CT molecular complexity index is 891. The summed E-state index contributed by atoms with van der Waals surface area (Å²) < 4.78 is 0. The van der Waals surface area contributed by atoms with E-state index < -0.39 is 0 Å². The van der Waals surface area contributed by atoms with Crippen LogP contribution in [0.5, 0.6) is 0 Å². The Balaban J connectivity index is 2.00. The van der Waals surface area contributed by atoms with Gasteiger partial charge in [0, 0.05) is 5.69 Å². The molecule has 0 unspecified atom stereocenters. The Labute approximate surface area is 136 Å². The van der Waals surface area contributed by atoms with Crippen LogP contribution in [-0.2, 0) is 0 Å². The molecule has 0 aliphatic carbocycles. The minimum absolute atomic E-state index is 1.13. The van der Waals surface area contributed by atoms with Crippen molar-refractivity contribution in [2.45, 2.75) is 0 Å². The highest BCUT2D eigenvalue weighted by molar-refractivity contribution is 5.93. The van der Waals surface area contributed by atoms with Gasteiger partial charge in [0.2, 0.25) is 0 Å². The quantitative estimate of drug-likeness (QED) is 0.420. The Kier molecular flexibility index (Phi) is 3.32. The normalized spacial score (nSPS) is 12.3. The Hall–Kier alpha value is -3.06. The van der Waals surface area contributed by atoms with Gasteiger partial charge in [-0.25, -0.2) is 0 Å². The van der Waals surface area contributed by atoms with E-state index in [0.29, 0.717) is 0 Å². The van der Waals surface area contributed by atoms with Crippen LogP contribution in [0.2, 0.25) is 0 Å². The predicted octanol–water partition coefficient (Wildman–Crippen LogP) is 6.28. The molecule has 3 aromatic carbocycles. The largest absolute Gasteiger partial charge is 0.309 e. The monoisotopic (exact) mass is 295 g/mol. The Morgan fingerprint density at radius 3 is 2.22 bits per heavy atom. The van der Waals surface area contributed by atoms with Crippen LogP contribution < -0.4 is 4.90 Å². The molecule has 0 radical (unpaired) electrons. The molecule has 1 nitrogen and oxygen atoms in total. The van der Waals surface area contributed by atoms with E-state index in [4.69, 9.17) is 0 Å². The third-order valence-corrected chi connectivity index (χ3v) is 4.16. The highest BCUT2D eigenvalue weighted by Gasteiger charge is 2.19. The molecular weight excluding hydrogens is 278 g/mol. The maximum Gasteiger partial charge on any atom is 0.0534 e. The molecule has 1 heteroatoms. The second-order valence-electron chi connectivity index (χ2n) is 5.59. The van der Waals surface area contributed by atoms with Crippen molar-refractivity contribution in [3.63, 3.8) is 0 Å². The summed E-state index contributed by atoms with van der Waals surface area (Å²) in [5.41, 5.74) is 7.09. The van der Waals surface area contributed by atoms with Crippen molar-refractivity contribution in [3.05, 3.63) is 96.1 Å². The molecule has 4 rings (SSSR count). The van der Waals surface area contributed by atoms with Crippen LogP contribution in [-0.4, -0.2) is 0 Å². The van der Waals surface area contributed by atoms with E-state index in [1.807, 2.05) is 12.1 Å². The fourth-order valence-corrected chi connectivity index (χ4v) is 3.03. The fraction of sp³-hybridized carbons (Fsp3) is 0. The van der Waals surface area contributed by atoms with Crippen molar-refractivity contribution >= 4 is 35.3 Å². The number of anilines is 3. The van der Waals surface area contributed by atoms with E-state index in [-0.39, 0.29) is 0 Å². The second kappa shape index (κ2) is 5.62. The summed E-state index contributed by atoms with van der Waals surface area (Å²) >= 11 is 0. The lowest BCUT2D eigenvalue weighted by Crippen LogP contribution is -2.11. The van der Waals surface area contributed by atoms with Crippen molar-refractivity contribution in [3.8, 4) is 0 Å². The third kappa shape index (κ3) is 2.36. The highest BCUT2D eigenvalue weighted by atomic mass is 15.1. The lowest BCUT2D eigenvalue weighted by molar-refractivity contribution is 1.28. The first-order valence-corrected chi connectivity index (χ1v) is 7.75. The molecule has 0 saturated heterocycles. The van der Waals surface area contributed by atoms with E-state index in [9.17, 15) is 0 Å². The summed E-state index contributed by atoms with van der Waals surface area (Å²) in [6.45, 7) is 3.88. The molecule has 1 aliphatic rings. The highest BCUT2D eigenvalue weighted by Crippen LogP contribution is 2.41. The van der Waals surface area contributed by atoms with Crippen molar-refractivity contribution in [1.82, 2.24) is 0 Å². The first kappa shape index (κ1) is 13.6. The zero-order chi connectivity index (χ0) is 15.6. The van der Waals surface area contributed by atoms with Crippen LogP contribution in [0.25, 0.3) is 18.2 Å². The summed E-state index contributed by atoms with van der Waals surface area (Å²) in [6, 6.07) is 25.5. The van der Waals surface area contributed by atoms with Gasteiger partial charge in [0.25, 0.3) is 0 Å². The number of fused-ring (bicyclic) bond motifs is 2. The van der Waals surface area contributed by atoms with Gasteiger partial charge in [0.05, 0.1) is 11.4 Å². The fourth-order valence-electron chi connectivity index (χ4n) is 3.03. The van der Waals surface area contributed by atoms with Crippen molar-refractivity contribution in [2.75, 3.05) is 4.90 Å². The summed E-state index contributed by atoms with van der Waals surface area (Å²) in [4.78, 5) is 2.32. The molecule has 3 aromatic rings. The van der Waals surface area contributed by atoms with Gasteiger partial charge in [-0.05, 0) is 47.0 Å². The molecule has 110 valence electrons. The van der Waals surface area contributed by atoms with Crippen molar-refractivity contribution in [2.24, 2.45) is 0 Å². The van der Waals surface area contributed by atoms with Crippen LogP contribution >= 0.6 is 0 Å². The number of benzene rings is 3. The number of para-hydroxylation sites is 2. The van der Waals surface area contributed by atoms with E-state index >= 15 is 0 Å². The summed E-state index contributed by atoms with van der Waals surface area (Å²) in [7, 11) is 0. The van der Waals surface area contributed by atoms with Gasteiger partial charge in [0.1, 0.15) is 0 Å². The lowest BCUT2D eigenvalue weighted by Gasteiger charge is -2.27. The maximum absolute atomic E-state index is 3.88. The first-order valence-electron chi connectivity index (χ1n) is 7.75. The number of rotatable bonds is 2. The van der Waals surface area contributed by atoms with Gasteiger partial charge in [0.15, 0.2) is 0 Å². The minimum Gasteiger partial charge on any atom is -0.309 e. The standard InChI is InChI=1S/C22H17N/c1-2-17-12-15-22-19(16-17)14-13-18-8-6-7-11-21(18)23(22)20-9-4-3-5-10-20/h2-16H,1H2. The van der Waals surface area contributed by atoms with Gasteiger partial charge in [-0.15, -0.1) is 0 Å². The zero-order valence-corrected chi connectivity index (χ0v) is 12.8. The minimum atomic E-state index is 1.13. The number of hydrogen-bond donors (Lipinski definition) is 0. The van der Waals surface area contributed by atoms with Gasteiger partial charge in [-0.3, -0.25) is 0 Å². The van der Waals surface area contributed by atoms with E-state index in [0.717, 1.165) is 11.3 Å². The molecule has 0 amide bonds. The summed E-state index contributed by atoms with van der Waals surface area (Å²) in [6.07, 6.45) is 6.26. The van der Waals surface area contributed by atoms with Gasteiger partial charge >= 0.3 is 0 Å². The Morgan fingerprint density at radius 2 is 1.39 bits per heavy atom. The predicted molar refractivity (Wildman–Crippen MR) is 100 cm³/mol. The zero-order valence-electron chi connectivity index (χ0n) is 12.8. The summed E-state index contributed by atoms with van der Waals surface area (Å²) in [5.74, 6) is 0. The van der Waals surface area contributed by atoms with Crippen LogP contribution in [0, 0.1) is 0 Å². The lowest BCUT2D eigenvalue weighted by atomic mass is 10.1. The van der Waals surface area contributed by atoms with E-state index in [2.05, 4.69) is 90.4 Å². The van der Waals surface area contributed by atoms with E-state index in [1.54, 1.807) is 0 Å². The van der Waals surface area contributed by atoms with Gasteiger partial charge < -0.3 is 4.90 Å². The van der Waals surface area contributed by atoms with Gasteiger partial charge in [-0.2, -0.15) is 0 Å². The molecule has 1 heterocycles. The van der Waals surface area contributed by atoms with Crippen LogP contribution in [0.1, 0.15) is 16.7 Å². The molecule has 0 aromatic heterocycles. The Morgan fingerprint density at radius 1 is 0.696 bits per heavy atom. The number of hydrogen-bond acceptors (Lipinski definition) is 1. The molecule has 0 saturated carbocycles. The van der Waals surface area contributed by atoms with Crippen molar-refractivity contribution in [1.29, 1.82) is 0 Å². The average Bonchev–Trinajstić information content (AvgIpc) is 2.78. The topological polar surface area (TPSA) is 3.24 Å².